The number of carbonyl (C=O) groups excluding carboxylic acids is 2. The van der Waals surface area contributed by atoms with Crippen LogP contribution < -0.4 is 11.1 Å². The van der Waals surface area contributed by atoms with Crippen LogP contribution in [0.1, 0.15) is 6.92 Å². The van der Waals surface area contributed by atoms with Gasteiger partial charge in [-0.3, -0.25) is 9.59 Å². The van der Waals surface area contributed by atoms with Crippen molar-refractivity contribution in [2.24, 2.45) is 5.73 Å². The number of esters is 1. The van der Waals surface area contributed by atoms with E-state index < -0.39 is 12.0 Å². The molecule has 0 spiro atoms. The predicted octanol–water partition coefficient (Wildman–Crippen LogP) is 2.77. The summed E-state index contributed by atoms with van der Waals surface area (Å²) >= 11 is 8.00. The van der Waals surface area contributed by atoms with Crippen LogP contribution in [0, 0.1) is 0 Å². The van der Waals surface area contributed by atoms with Crippen molar-refractivity contribution in [3.63, 3.8) is 0 Å². The maximum atomic E-state index is 11.8. The Labute approximate surface area is 144 Å². The Morgan fingerprint density at radius 3 is 2.76 bits per heavy atom. The zero-order valence-corrected chi connectivity index (χ0v) is 15.4. The lowest BCUT2D eigenvalue weighted by molar-refractivity contribution is -0.144. The Balaban J connectivity index is 2.36. The maximum absolute atomic E-state index is 11.8. The molecular weight excluding hydrogens is 424 g/mol. The molecule has 0 saturated heterocycles. The summed E-state index contributed by atoms with van der Waals surface area (Å²) in [5, 5.41) is 2.78. The van der Waals surface area contributed by atoms with E-state index in [1.54, 1.807) is 13.0 Å². The van der Waals surface area contributed by atoms with Crippen LogP contribution in [0.2, 0.25) is 0 Å². The highest BCUT2D eigenvalue weighted by molar-refractivity contribution is 9.11. The topological polar surface area (TPSA) is 81.4 Å². The van der Waals surface area contributed by atoms with Crippen LogP contribution in [0.4, 0.5) is 5.69 Å². The number of ether oxygens (including phenoxy) is 1. The molecule has 1 amide bonds. The minimum Gasteiger partial charge on any atom is -0.465 e. The fourth-order valence-corrected chi connectivity index (χ4v) is 3.28. The fraction of sp³-hybridized carbons (Fsp3) is 0.385. The van der Waals surface area contributed by atoms with Crippen molar-refractivity contribution in [2.45, 2.75) is 13.0 Å². The van der Waals surface area contributed by atoms with Crippen molar-refractivity contribution in [3.8, 4) is 0 Å². The first-order chi connectivity index (χ1) is 9.93. The summed E-state index contributed by atoms with van der Waals surface area (Å²) in [6, 6.07) is 4.77. The molecule has 5 nitrogen and oxygen atoms in total. The molecule has 21 heavy (non-hydrogen) atoms. The van der Waals surface area contributed by atoms with Gasteiger partial charge in [0.25, 0.3) is 0 Å². The normalized spacial score (nSPS) is 11.8. The van der Waals surface area contributed by atoms with E-state index in [-0.39, 0.29) is 11.7 Å². The molecule has 0 fully saturated rings. The number of rotatable bonds is 7. The van der Waals surface area contributed by atoms with Crippen LogP contribution in [0.25, 0.3) is 0 Å². The second-order valence-corrected chi connectivity index (χ2v) is 6.85. The summed E-state index contributed by atoms with van der Waals surface area (Å²) in [5.41, 5.74) is 6.34. The second-order valence-electron chi connectivity index (χ2n) is 4.05. The van der Waals surface area contributed by atoms with Crippen molar-refractivity contribution >= 4 is 61.2 Å². The smallest absolute Gasteiger partial charge is 0.323 e. The number of anilines is 1. The van der Waals surface area contributed by atoms with E-state index in [2.05, 4.69) is 37.2 Å². The van der Waals surface area contributed by atoms with Crippen LogP contribution in [0.5, 0.6) is 0 Å². The molecule has 0 bridgehead atoms. The minimum atomic E-state index is -0.706. The van der Waals surface area contributed by atoms with Crippen LogP contribution in [-0.4, -0.2) is 36.0 Å². The third kappa shape index (κ3) is 6.82. The first-order valence-corrected chi connectivity index (χ1v) is 8.93. The lowest BCUT2D eigenvalue weighted by Gasteiger charge is -2.10. The predicted molar refractivity (Wildman–Crippen MR) is 92.4 cm³/mol. The number of thioether (sulfide) groups is 1. The van der Waals surface area contributed by atoms with Gasteiger partial charge in [0.05, 0.1) is 18.0 Å². The van der Waals surface area contributed by atoms with E-state index >= 15 is 0 Å². The van der Waals surface area contributed by atoms with Gasteiger partial charge in [-0.1, -0.05) is 15.9 Å². The second kappa shape index (κ2) is 9.45. The number of benzene rings is 1. The van der Waals surface area contributed by atoms with Gasteiger partial charge in [-0.05, 0) is 41.1 Å². The molecule has 1 aromatic carbocycles. The van der Waals surface area contributed by atoms with Crippen molar-refractivity contribution < 1.29 is 14.3 Å². The van der Waals surface area contributed by atoms with Gasteiger partial charge < -0.3 is 15.8 Å². The standard InChI is InChI=1S/C13H16Br2N2O3S/c1-2-20-13(19)10(16)6-21-7-12(18)17-11-4-3-8(14)5-9(11)15/h3-5,10H,2,6-7,16H2,1H3,(H,17,18). The van der Waals surface area contributed by atoms with Crippen LogP contribution in [0.3, 0.4) is 0 Å². The molecule has 1 unspecified atom stereocenters. The van der Waals surface area contributed by atoms with Gasteiger partial charge in [0, 0.05) is 14.7 Å². The SMILES string of the molecule is CCOC(=O)C(N)CSCC(=O)Nc1ccc(Br)cc1Br. The van der Waals surface area contributed by atoms with Gasteiger partial charge in [-0.25, -0.2) is 0 Å². The molecule has 0 aliphatic rings. The Morgan fingerprint density at radius 1 is 1.43 bits per heavy atom. The molecule has 1 rings (SSSR count). The van der Waals surface area contributed by atoms with Crippen molar-refractivity contribution in [3.05, 3.63) is 27.1 Å². The average Bonchev–Trinajstić information content (AvgIpc) is 2.42. The molecule has 8 heteroatoms. The molecular formula is C13H16Br2N2O3S. The number of nitrogens with two attached hydrogens (primary N) is 1. The quantitative estimate of drug-likeness (QED) is 0.638. The summed E-state index contributed by atoms with van der Waals surface area (Å²) in [7, 11) is 0. The Hall–Kier alpha value is -0.570. The number of hydrogen-bond acceptors (Lipinski definition) is 5. The maximum Gasteiger partial charge on any atom is 0.323 e. The third-order valence-electron chi connectivity index (χ3n) is 2.33. The van der Waals surface area contributed by atoms with Crippen LogP contribution >= 0.6 is 43.6 Å². The molecule has 0 radical (unpaired) electrons. The first-order valence-electron chi connectivity index (χ1n) is 6.19. The van der Waals surface area contributed by atoms with E-state index in [9.17, 15) is 9.59 Å². The van der Waals surface area contributed by atoms with E-state index in [0.29, 0.717) is 18.0 Å². The van der Waals surface area contributed by atoms with Crippen molar-refractivity contribution in [1.82, 2.24) is 0 Å². The summed E-state index contributed by atoms with van der Waals surface area (Å²) in [6.07, 6.45) is 0. The van der Waals surface area contributed by atoms with E-state index in [1.165, 1.54) is 11.8 Å². The molecule has 1 aromatic rings. The van der Waals surface area contributed by atoms with Gasteiger partial charge >= 0.3 is 5.97 Å². The fourth-order valence-electron chi connectivity index (χ4n) is 1.37. The average molecular weight is 440 g/mol. The summed E-state index contributed by atoms with van der Waals surface area (Å²) in [6.45, 7) is 2.02. The Morgan fingerprint density at radius 2 is 2.14 bits per heavy atom. The molecule has 0 aliphatic heterocycles. The van der Waals surface area contributed by atoms with Crippen molar-refractivity contribution in [1.29, 1.82) is 0 Å². The molecule has 0 aliphatic carbocycles. The Kier molecular flexibility index (Phi) is 8.31. The molecule has 0 saturated carbocycles. The third-order valence-corrected chi connectivity index (χ3v) is 4.54. The summed E-state index contributed by atoms with van der Waals surface area (Å²) in [5.74, 6) is -0.0382. The van der Waals surface area contributed by atoms with Gasteiger partial charge in [0.1, 0.15) is 6.04 Å². The van der Waals surface area contributed by atoms with E-state index in [1.807, 2.05) is 12.1 Å². The highest BCUT2D eigenvalue weighted by Gasteiger charge is 2.15. The molecule has 3 N–H and O–H groups in total. The number of hydrogen-bond donors (Lipinski definition) is 2. The van der Waals surface area contributed by atoms with Crippen LogP contribution in [0.15, 0.2) is 27.1 Å². The zero-order valence-electron chi connectivity index (χ0n) is 11.4. The largest absolute Gasteiger partial charge is 0.465 e. The number of halogens is 2. The van der Waals surface area contributed by atoms with Crippen LogP contribution in [-0.2, 0) is 14.3 Å². The van der Waals surface area contributed by atoms with Gasteiger partial charge in [-0.15, -0.1) is 11.8 Å². The Bertz CT molecular complexity index is 514. The molecule has 0 heterocycles. The minimum absolute atomic E-state index is 0.154. The van der Waals surface area contributed by atoms with Gasteiger partial charge in [0.15, 0.2) is 0 Å². The molecule has 0 aromatic heterocycles. The lowest BCUT2D eigenvalue weighted by Crippen LogP contribution is -2.35. The summed E-state index contributed by atoms with van der Waals surface area (Å²) < 4.78 is 6.50. The van der Waals surface area contributed by atoms with E-state index in [4.69, 9.17) is 10.5 Å². The zero-order chi connectivity index (χ0) is 15.8. The molecule has 116 valence electrons. The van der Waals surface area contributed by atoms with Gasteiger partial charge in [-0.2, -0.15) is 0 Å². The molecule has 1 atom stereocenters. The number of carbonyl (C=O) groups is 2. The summed E-state index contributed by atoms with van der Waals surface area (Å²) in [4.78, 5) is 23.1. The van der Waals surface area contributed by atoms with Gasteiger partial charge in [0.2, 0.25) is 5.91 Å². The monoisotopic (exact) mass is 438 g/mol. The number of amides is 1. The highest BCUT2D eigenvalue weighted by Crippen LogP contribution is 2.26. The lowest BCUT2D eigenvalue weighted by atomic mass is 10.3. The first kappa shape index (κ1) is 18.5. The van der Waals surface area contributed by atoms with E-state index in [0.717, 1.165) is 8.95 Å². The van der Waals surface area contributed by atoms with Crippen molar-refractivity contribution in [2.75, 3.05) is 23.4 Å². The number of nitrogens with one attached hydrogen (secondary N) is 1. The highest BCUT2D eigenvalue weighted by atomic mass is 79.9.